The Balaban J connectivity index is 1.52. The molecule has 140 valence electrons. The van der Waals surface area contributed by atoms with Gasteiger partial charge in [-0.05, 0) is 49.9 Å². The number of likely N-dealkylation sites (tertiary alicyclic amines) is 1. The van der Waals surface area contributed by atoms with Crippen LogP contribution in [-0.2, 0) is 4.79 Å². The molecule has 4 rings (SSSR count). The normalized spacial score (nSPS) is 17.4. The molecule has 0 saturated carbocycles. The van der Waals surface area contributed by atoms with Crippen LogP contribution in [-0.4, -0.2) is 44.1 Å². The maximum absolute atomic E-state index is 12.8. The molecule has 3 aromatic rings. The molecule has 1 atom stereocenters. The molecule has 0 aliphatic carbocycles. The Morgan fingerprint density at radius 3 is 3.00 bits per heavy atom. The molecule has 27 heavy (non-hydrogen) atoms. The van der Waals surface area contributed by atoms with Crippen molar-refractivity contribution < 1.29 is 4.79 Å². The van der Waals surface area contributed by atoms with E-state index in [1.54, 1.807) is 6.20 Å². The number of hydrogen-bond acceptors (Lipinski definition) is 4. The standard InChI is InChI=1S/C21H24N4OS/c1-2-15-8-5-6-13-25(15)19(26)14-27-21-16(9-7-12-22-21)20-23-17-10-3-4-11-18(17)24-20/h3-4,7,9-12,15H,2,5-6,8,13-14H2,1H3,(H,23,24)/t15-/m0/s1. The van der Waals surface area contributed by atoms with Crippen LogP contribution in [0.4, 0.5) is 0 Å². The Hall–Kier alpha value is -2.34. The van der Waals surface area contributed by atoms with Gasteiger partial charge in [-0.3, -0.25) is 4.79 Å². The van der Waals surface area contributed by atoms with Crippen LogP contribution < -0.4 is 0 Å². The van der Waals surface area contributed by atoms with Crippen molar-refractivity contribution in [3.05, 3.63) is 42.6 Å². The van der Waals surface area contributed by atoms with Gasteiger partial charge in [-0.15, -0.1) is 0 Å². The van der Waals surface area contributed by atoms with Gasteiger partial charge in [0.25, 0.3) is 0 Å². The number of nitrogens with zero attached hydrogens (tertiary/aromatic N) is 3. The summed E-state index contributed by atoms with van der Waals surface area (Å²) in [7, 11) is 0. The highest BCUT2D eigenvalue weighted by atomic mass is 32.2. The minimum Gasteiger partial charge on any atom is -0.339 e. The van der Waals surface area contributed by atoms with E-state index < -0.39 is 0 Å². The molecule has 0 spiro atoms. The Morgan fingerprint density at radius 1 is 1.26 bits per heavy atom. The second-order valence-electron chi connectivity index (χ2n) is 6.89. The molecule has 3 heterocycles. The van der Waals surface area contributed by atoms with Crippen molar-refractivity contribution in [2.45, 2.75) is 43.7 Å². The van der Waals surface area contributed by atoms with Gasteiger partial charge in [-0.1, -0.05) is 30.8 Å². The van der Waals surface area contributed by atoms with Crippen LogP contribution in [0.25, 0.3) is 22.4 Å². The number of para-hydroxylation sites is 2. The summed E-state index contributed by atoms with van der Waals surface area (Å²) < 4.78 is 0. The molecule has 1 N–H and O–H groups in total. The number of carbonyl (C=O) groups excluding carboxylic acids is 1. The molecule has 6 heteroatoms. The molecule has 1 fully saturated rings. The topological polar surface area (TPSA) is 61.9 Å². The summed E-state index contributed by atoms with van der Waals surface area (Å²) >= 11 is 1.50. The fourth-order valence-electron chi connectivity index (χ4n) is 3.73. The highest BCUT2D eigenvalue weighted by Crippen LogP contribution is 2.30. The van der Waals surface area contributed by atoms with Crippen LogP contribution in [0, 0.1) is 0 Å². The summed E-state index contributed by atoms with van der Waals surface area (Å²) in [5.74, 6) is 1.43. The molecule has 1 aliphatic heterocycles. The van der Waals surface area contributed by atoms with E-state index in [0.29, 0.717) is 11.8 Å². The van der Waals surface area contributed by atoms with Gasteiger partial charge in [-0.25, -0.2) is 9.97 Å². The first-order chi connectivity index (χ1) is 13.3. The van der Waals surface area contributed by atoms with Gasteiger partial charge >= 0.3 is 0 Å². The molecular formula is C21H24N4OS. The number of imidazole rings is 1. The van der Waals surface area contributed by atoms with E-state index >= 15 is 0 Å². The van der Waals surface area contributed by atoms with Gasteiger partial charge in [0.2, 0.25) is 5.91 Å². The van der Waals surface area contributed by atoms with Crippen molar-refractivity contribution in [1.29, 1.82) is 0 Å². The zero-order chi connectivity index (χ0) is 18.6. The van der Waals surface area contributed by atoms with E-state index in [1.807, 2.05) is 36.4 Å². The first-order valence-electron chi connectivity index (χ1n) is 9.58. The summed E-state index contributed by atoms with van der Waals surface area (Å²) in [6.07, 6.45) is 6.27. The smallest absolute Gasteiger partial charge is 0.233 e. The first-order valence-corrected chi connectivity index (χ1v) is 10.6. The number of hydrogen-bond donors (Lipinski definition) is 1. The fourth-order valence-corrected chi connectivity index (χ4v) is 4.61. The average molecular weight is 381 g/mol. The molecule has 1 aliphatic rings. The Bertz CT molecular complexity index is 906. The second kappa shape index (κ2) is 8.13. The van der Waals surface area contributed by atoms with Gasteiger partial charge < -0.3 is 9.88 Å². The number of thioether (sulfide) groups is 1. The number of piperidine rings is 1. The Labute approximate surface area is 163 Å². The molecule has 0 bridgehead atoms. The second-order valence-corrected chi connectivity index (χ2v) is 7.86. The van der Waals surface area contributed by atoms with E-state index in [4.69, 9.17) is 0 Å². The lowest BCUT2D eigenvalue weighted by Gasteiger charge is -2.35. The summed E-state index contributed by atoms with van der Waals surface area (Å²) in [6, 6.07) is 12.3. The van der Waals surface area contributed by atoms with E-state index in [2.05, 4.69) is 26.8 Å². The molecule has 0 unspecified atom stereocenters. The minimum absolute atomic E-state index is 0.216. The number of aromatic nitrogens is 3. The first kappa shape index (κ1) is 18.0. The summed E-state index contributed by atoms with van der Waals surface area (Å²) in [4.78, 5) is 27.4. The van der Waals surface area contributed by atoms with Crippen LogP contribution in [0.1, 0.15) is 32.6 Å². The molecule has 1 saturated heterocycles. The molecule has 0 radical (unpaired) electrons. The number of amides is 1. The maximum atomic E-state index is 12.8. The SMILES string of the molecule is CC[C@H]1CCCCN1C(=O)CSc1ncccc1-c1nc2ccccc2[nH]1. The highest BCUT2D eigenvalue weighted by Gasteiger charge is 2.25. The van der Waals surface area contributed by atoms with Crippen molar-refractivity contribution >= 4 is 28.7 Å². The quantitative estimate of drug-likeness (QED) is 0.662. The van der Waals surface area contributed by atoms with Gasteiger partial charge in [0.15, 0.2) is 0 Å². The molecule has 1 aromatic carbocycles. The lowest BCUT2D eigenvalue weighted by molar-refractivity contribution is -0.132. The van der Waals surface area contributed by atoms with E-state index in [0.717, 1.165) is 53.3 Å². The Kier molecular flexibility index (Phi) is 5.43. The average Bonchev–Trinajstić information content (AvgIpc) is 3.16. The lowest BCUT2D eigenvalue weighted by atomic mass is 10.0. The van der Waals surface area contributed by atoms with Crippen LogP contribution in [0.3, 0.4) is 0 Å². The van der Waals surface area contributed by atoms with Gasteiger partial charge in [0.1, 0.15) is 10.9 Å². The molecule has 2 aromatic heterocycles. The zero-order valence-corrected chi connectivity index (χ0v) is 16.3. The van der Waals surface area contributed by atoms with E-state index in [-0.39, 0.29) is 5.91 Å². The largest absolute Gasteiger partial charge is 0.339 e. The number of pyridine rings is 1. The fraction of sp³-hybridized carbons (Fsp3) is 0.381. The zero-order valence-electron chi connectivity index (χ0n) is 15.5. The monoisotopic (exact) mass is 380 g/mol. The minimum atomic E-state index is 0.216. The summed E-state index contributed by atoms with van der Waals surface area (Å²) in [5.41, 5.74) is 2.88. The number of benzene rings is 1. The predicted octanol–water partition coefficient (Wildman–Crippen LogP) is 4.51. The predicted molar refractivity (Wildman–Crippen MR) is 110 cm³/mol. The summed E-state index contributed by atoms with van der Waals surface area (Å²) in [6.45, 7) is 3.05. The third-order valence-corrected chi connectivity index (χ3v) is 6.16. The van der Waals surface area contributed by atoms with Crippen molar-refractivity contribution in [3.8, 4) is 11.4 Å². The van der Waals surface area contributed by atoms with Crippen molar-refractivity contribution in [2.24, 2.45) is 0 Å². The van der Waals surface area contributed by atoms with Crippen molar-refractivity contribution in [1.82, 2.24) is 19.9 Å². The highest BCUT2D eigenvalue weighted by molar-refractivity contribution is 8.00. The van der Waals surface area contributed by atoms with Crippen LogP contribution >= 0.6 is 11.8 Å². The number of rotatable bonds is 5. The third-order valence-electron chi connectivity index (χ3n) is 5.17. The van der Waals surface area contributed by atoms with E-state index in [1.165, 1.54) is 18.2 Å². The maximum Gasteiger partial charge on any atom is 0.233 e. The van der Waals surface area contributed by atoms with Crippen molar-refractivity contribution in [3.63, 3.8) is 0 Å². The number of aromatic amines is 1. The van der Waals surface area contributed by atoms with Crippen molar-refractivity contribution in [2.75, 3.05) is 12.3 Å². The van der Waals surface area contributed by atoms with E-state index in [9.17, 15) is 4.79 Å². The summed E-state index contributed by atoms with van der Waals surface area (Å²) in [5, 5.41) is 0.843. The van der Waals surface area contributed by atoms with Crippen LogP contribution in [0.15, 0.2) is 47.6 Å². The number of carbonyl (C=O) groups is 1. The number of fused-ring (bicyclic) bond motifs is 1. The third kappa shape index (κ3) is 3.86. The van der Waals surface area contributed by atoms with Gasteiger partial charge in [-0.2, -0.15) is 0 Å². The lowest BCUT2D eigenvalue weighted by Crippen LogP contribution is -2.44. The Morgan fingerprint density at radius 2 is 2.15 bits per heavy atom. The van der Waals surface area contributed by atoms with Crippen LogP contribution in [0.5, 0.6) is 0 Å². The van der Waals surface area contributed by atoms with Crippen LogP contribution in [0.2, 0.25) is 0 Å². The molecule has 5 nitrogen and oxygen atoms in total. The number of nitrogens with one attached hydrogen (secondary N) is 1. The number of H-pyrrole nitrogens is 1. The molecular weight excluding hydrogens is 356 g/mol. The van der Waals surface area contributed by atoms with Gasteiger partial charge in [0.05, 0.1) is 16.8 Å². The van der Waals surface area contributed by atoms with Gasteiger partial charge in [0, 0.05) is 24.3 Å². The molecule has 1 amide bonds.